The molecule has 5 rings (SSSR count). The Labute approximate surface area is 149 Å². The van der Waals surface area contributed by atoms with Gasteiger partial charge in [-0.2, -0.15) is 0 Å². The second-order valence-electron chi connectivity index (χ2n) is 7.39. The van der Waals surface area contributed by atoms with Crippen molar-refractivity contribution in [3.05, 3.63) is 88.5 Å². The van der Waals surface area contributed by atoms with Crippen molar-refractivity contribution in [2.24, 2.45) is 0 Å². The van der Waals surface area contributed by atoms with E-state index < -0.39 is 0 Å². The van der Waals surface area contributed by atoms with Gasteiger partial charge >= 0.3 is 0 Å². The van der Waals surface area contributed by atoms with Crippen LogP contribution in [0.2, 0.25) is 0 Å². The van der Waals surface area contributed by atoms with Crippen LogP contribution < -0.4 is 0 Å². The molecule has 0 saturated heterocycles. The maximum Gasteiger partial charge on any atom is 0.119 e. The van der Waals surface area contributed by atoms with E-state index in [1.54, 1.807) is 11.1 Å². The van der Waals surface area contributed by atoms with Crippen LogP contribution in [0.1, 0.15) is 40.2 Å². The fraction of sp³-hybridized carbons (Fsp3) is 0.250. The van der Waals surface area contributed by atoms with Gasteiger partial charge in [-0.05, 0) is 83.0 Å². The van der Waals surface area contributed by atoms with Gasteiger partial charge in [0.2, 0.25) is 0 Å². The quantitative estimate of drug-likeness (QED) is 0.632. The first-order valence-corrected chi connectivity index (χ1v) is 9.31. The molecule has 1 unspecified atom stereocenters. The van der Waals surface area contributed by atoms with Gasteiger partial charge < -0.3 is 5.11 Å². The van der Waals surface area contributed by atoms with E-state index in [1.807, 2.05) is 18.2 Å². The molecule has 3 aromatic rings. The Morgan fingerprint density at radius 2 is 1.52 bits per heavy atom. The van der Waals surface area contributed by atoms with Gasteiger partial charge in [-0.3, -0.25) is 0 Å². The van der Waals surface area contributed by atoms with Crippen LogP contribution in [0.15, 0.2) is 60.7 Å². The highest BCUT2D eigenvalue weighted by atomic mass is 16.3. The SMILES string of the molecule is Oc1ccccc1C1CCc2c(ccc3c2CCc2ccccc2-3)C1. The van der Waals surface area contributed by atoms with Crippen LogP contribution in [0.5, 0.6) is 5.75 Å². The molecule has 0 spiro atoms. The van der Waals surface area contributed by atoms with E-state index >= 15 is 0 Å². The Balaban J connectivity index is 1.55. The fourth-order valence-electron chi connectivity index (χ4n) is 4.83. The van der Waals surface area contributed by atoms with Gasteiger partial charge in [0.05, 0.1) is 0 Å². The summed E-state index contributed by atoms with van der Waals surface area (Å²) in [6.45, 7) is 0. The summed E-state index contributed by atoms with van der Waals surface area (Å²) < 4.78 is 0. The summed E-state index contributed by atoms with van der Waals surface area (Å²) >= 11 is 0. The molecule has 0 amide bonds. The third kappa shape index (κ3) is 2.38. The van der Waals surface area contributed by atoms with E-state index in [1.165, 1.54) is 22.3 Å². The zero-order valence-corrected chi connectivity index (χ0v) is 14.3. The van der Waals surface area contributed by atoms with Crippen molar-refractivity contribution in [3.63, 3.8) is 0 Å². The standard InChI is InChI=1S/C24H22O/c25-24-8-4-3-7-21(24)18-10-12-20-17(15-18)11-14-22-19-6-2-1-5-16(19)9-13-23(20)22/h1-8,11,14,18,25H,9-10,12-13,15H2. The number of hydrogen-bond acceptors (Lipinski definition) is 1. The van der Waals surface area contributed by atoms with Crippen molar-refractivity contribution in [2.75, 3.05) is 0 Å². The Morgan fingerprint density at radius 1 is 0.680 bits per heavy atom. The largest absolute Gasteiger partial charge is 0.508 e. The first kappa shape index (κ1) is 14.8. The third-order valence-electron chi connectivity index (χ3n) is 6.07. The summed E-state index contributed by atoms with van der Waals surface area (Å²) in [5.41, 5.74) is 10.1. The van der Waals surface area contributed by atoms with Crippen molar-refractivity contribution in [3.8, 4) is 16.9 Å². The number of benzene rings is 3. The summed E-state index contributed by atoms with van der Waals surface area (Å²) in [5, 5.41) is 10.2. The second-order valence-corrected chi connectivity index (χ2v) is 7.39. The zero-order valence-electron chi connectivity index (χ0n) is 14.3. The summed E-state index contributed by atoms with van der Waals surface area (Å²) in [6, 6.07) is 21.4. The molecule has 1 heteroatoms. The predicted molar refractivity (Wildman–Crippen MR) is 102 cm³/mol. The van der Waals surface area contributed by atoms with Crippen molar-refractivity contribution in [1.29, 1.82) is 0 Å². The van der Waals surface area contributed by atoms with Crippen LogP contribution in [0.4, 0.5) is 0 Å². The molecule has 0 bridgehead atoms. The average Bonchev–Trinajstić information content (AvgIpc) is 2.67. The monoisotopic (exact) mass is 326 g/mol. The van der Waals surface area contributed by atoms with Crippen molar-refractivity contribution >= 4 is 0 Å². The highest BCUT2D eigenvalue weighted by Gasteiger charge is 2.26. The lowest BCUT2D eigenvalue weighted by atomic mass is 9.74. The van der Waals surface area contributed by atoms with Gasteiger partial charge in [-0.15, -0.1) is 0 Å². The summed E-state index contributed by atoms with van der Waals surface area (Å²) in [5.74, 6) is 0.880. The van der Waals surface area contributed by atoms with Gasteiger partial charge in [0.1, 0.15) is 5.75 Å². The Bertz CT molecular complexity index is 954. The number of aromatic hydroxyl groups is 1. The zero-order chi connectivity index (χ0) is 16.8. The molecule has 0 aromatic heterocycles. The van der Waals surface area contributed by atoms with Gasteiger partial charge in [0.15, 0.2) is 0 Å². The molecule has 3 aromatic carbocycles. The molecule has 0 aliphatic heterocycles. The minimum Gasteiger partial charge on any atom is -0.508 e. The van der Waals surface area contributed by atoms with E-state index in [-0.39, 0.29) is 0 Å². The summed E-state index contributed by atoms with van der Waals surface area (Å²) in [7, 11) is 0. The number of hydrogen-bond donors (Lipinski definition) is 1. The Morgan fingerprint density at radius 3 is 2.44 bits per heavy atom. The Kier molecular flexibility index (Phi) is 3.41. The first-order valence-electron chi connectivity index (χ1n) is 9.31. The van der Waals surface area contributed by atoms with E-state index in [0.29, 0.717) is 11.7 Å². The maximum atomic E-state index is 10.2. The molecule has 1 N–H and O–H groups in total. The molecule has 0 saturated carbocycles. The number of fused-ring (bicyclic) bond motifs is 5. The summed E-state index contributed by atoms with van der Waals surface area (Å²) in [6.07, 6.45) is 5.61. The molecular weight excluding hydrogens is 304 g/mol. The molecule has 0 fully saturated rings. The molecule has 25 heavy (non-hydrogen) atoms. The topological polar surface area (TPSA) is 20.2 Å². The molecule has 1 atom stereocenters. The molecule has 2 aliphatic carbocycles. The normalized spacial score (nSPS) is 18.2. The van der Waals surface area contributed by atoms with E-state index in [4.69, 9.17) is 0 Å². The molecular formula is C24H22O. The molecule has 0 heterocycles. The van der Waals surface area contributed by atoms with Gasteiger partial charge in [-0.25, -0.2) is 0 Å². The number of phenols is 1. The van der Waals surface area contributed by atoms with Crippen LogP contribution in [0.25, 0.3) is 11.1 Å². The summed E-state index contributed by atoms with van der Waals surface area (Å²) in [4.78, 5) is 0. The van der Waals surface area contributed by atoms with Crippen LogP contribution in [0, 0.1) is 0 Å². The highest BCUT2D eigenvalue weighted by Crippen LogP contribution is 2.42. The molecule has 0 radical (unpaired) electrons. The van der Waals surface area contributed by atoms with Crippen LogP contribution >= 0.6 is 0 Å². The number of para-hydroxylation sites is 1. The van der Waals surface area contributed by atoms with Gasteiger partial charge in [0.25, 0.3) is 0 Å². The third-order valence-corrected chi connectivity index (χ3v) is 6.07. The van der Waals surface area contributed by atoms with Gasteiger partial charge in [-0.1, -0.05) is 54.6 Å². The van der Waals surface area contributed by atoms with Crippen molar-refractivity contribution in [1.82, 2.24) is 0 Å². The molecule has 2 aliphatic rings. The average molecular weight is 326 g/mol. The molecule has 124 valence electrons. The minimum atomic E-state index is 0.433. The first-order chi connectivity index (χ1) is 12.3. The van der Waals surface area contributed by atoms with Gasteiger partial charge in [0, 0.05) is 0 Å². The van der Waals surface area contributed by atoms with Crippen LogP contribution in [-0.2, 0) is 25.7 Å². The lowest BCUT2D eigenvalue weighted by Gasteiger charge is -2.30. The highest BCUT2D eigenvalue weighted by molar-refractivity contribution is 5.75. The van der Waals surface area contributed by atoms with E-state index in [0.717, 1.165) is 37.7 Å². The smallest absolute Gasteiger partial charge is 0.119 e. The number of rotatable bonds is 1. The number of aryl methyl sites for hydroxylation is 1. The van der Waals surface area contributed by atoms with E-state index in [9.17, 15) is 5.11 Å². The van der Waals surface area contributed by atoms with Crippen LogP contribution in [0.3, 0.4) is 0 Å². The Hall–Kier alpha value is -2.54. The van der Waals surface area contributed by atoms with Crippen molar-refractivity contribution in [2.45, 2.75) is 38.0 Å². The van der Waals surface area contributed by atoms with Crippen molar-refractivity contribution < 1.29 is 5.11 Å². The maximum absolute atomic E-state index is 10.2. The minimum absolute atomic E-state index is 0.433. The fourth-order valence-corrected chi connectivity index (χ4v) is 4.83. The predicted octanol–water partition coefficient (Wildman–Crippen LogP) is 5.43. The lowest BCUT2D eigenvalue weighted by molar-refractivity contribution is 0.453. The number of phenolic OH excluding ortho intramolecular Hbond substituents is 1. The lowest BCUT2D eigenvalue weighted by Crippen LogP contribution is -2.17. The van der Waals surface area contributed by atoms with E-state index in [2.05, 4.69) is 42.5 Å². The van der Waals surface area contributed by atoms with Crippen LogP contribution in [-0.4, -0.2) is 5.11 Å². The second kappa shape index (κ2) is 5.77. The molecule has 1 nitrogen and oxygen atoms in total.